The molecule has 0 bridgehead atoms. The van der Waals surface area contributed by atoms with E-state index in [0.717, 1.165) is 30.9 Å². The van der Waals surface area contributed by atoms with Crippen LogP contribution in [-0.4, -0.2) is 19.0 Å². The topological polar surface area (TPSA) is 62.4 Å². The molecule has 0 aromatic carbocycles. The molecule has 18 heavy (non-hydrogen) atoms. The van der Waals surface area contributed by atoms with Crippen LogP contribution in [0, 0.1) is 17.8 Å². The maximum atomic E-state index is 5.45. The number of aliphatic imine (C=N–C) groups is 1. The molecule has 1 aliphatic rings. The van der Waals surface area contributed by atoms with E-state index in [0.29, 0.717) is 5.92 Å². The fourth-order valence-corrected chi connectivity index (χ4v) is 2.44. The number of hydrogen-bond acceptors (Lipinski definition) is 2. The van der Waals surface area contributed by atoms with Crippen molar-refractivity contribution < 1.29 is 0 Å². The average Bonchev–Trinajstić information content (AvgIpc) is 2.35. The monoisotopic (exact) mass is 254 g/mol. The Morgan fingerprint density at radius 1 is 1.28 bits per heavy atom. The van der Waals surface area contributed by atoms with Crippen LogP contribution in [0.3, 0.4) is 0 Å². The van der Waals surface area contributed by atoms with Gasteiger partial charge in [-0.15, -0.1) is 0 Å². The molecule has 0 aromatic heterocycles. The third-order valence-electron chi connectivity index (χ3n) is 3.73. The van der Waals surface area contributed by atoms with E-state index in [-0.39, 0.29) is 0 Å². The molecule has 0 heterocycles. The van der Waals surface area contributed by atoms with E-state index in [4.69, 9.17) is 5.84 Å². The zero-order valence-corrected chi connectivity index (χ0v) is 12.2. The predicted molar refractivity (Wildman–Crippen MR) is 78.2 cm³/mol. The number of guanidine groups is 1. The molecule has 4 N–H and O–H groups in total. The van der Waals surface area contributed by atoms with Gasteiger partial charge in [0.15, 0.2) is 0 Å². The van der Waals surface area contributed by atoms with Crippen LogP contribution in [-0.2, 0) is 0 Å². The number of hydrazine groups is 1. The predicted octanol–water partition coefficient (Wildman–Crippen LogP) is 2.27. The van der Waals surface area contributed by atoms with Crippen LogP contribution >= 0.6 is 0 Å². The Bertz CT molecular complexity index is 242. The van der Waals surface area contributed by atoms with E-state index in [1.807, 2.05) is 0 Å². The smallest absolute Gasteiger partial charge is 0.205 e. The van der Waals surface area contributed by atoms with Crippen molar-refractivity contribution in [3.63, 3.8) is 0 Å². The Kier molecular flexibility index (Phi) is 7.09. The second-order valence-electron chi connectivity index (χ2n) is 6.07. The molecule has 1 rings (SSSR count). The lowest BCUT2D eigenvalue weighted by Crippen LogP contribution is -2.42. The van der Waals surface area contributed by atoms with E-state index < -0.39 is 0 Å². The van der Waals surface area contributed by atoms with Crippen LogP contribution in [0.2, 0.25) is 0 Å². The van der Waals surface area contributed by atoms with Crippen LogP contribution < -0.4 is 16.6 Å². The highest BCUT2D eigenvalue weighted by Crippen LogP contribution is 2.29. The summed E-state index contributed by atoms with van der Waals surface area (Å²) in [6.07, 6.45) is 6.80. The summed E-state index contributed by atoms with van der Waals surface area (Å²) in [5.74, 6) is 8.57. The average molecular weight is 254 g/mol. The van der Waals surface area contributed by atoms with Crippen LogP contribution in [0.5, 0.6) is 0 Å². The first kappa shape index (κ1) is 15.3. The lowest BCUT2D eigenvalue weighted by atomic mass is 9.81. The molecule has 0 amide bonds. The second-order valence-corrected chi connectivity index (χ2v) is 6.07. The minimum atomic E-state index is 0.565. The summed E-state index contributed by atoms with van der Waals surface area (Å²) in [6.45, 7) is 8.46. The van der Waals surface area contributed by atoms with Gasteiger partial charge in [0.25, 0.3) is 0 Å². The summed E-state index contributed by atoms with van der Waals surface area (Å²) in [5, 5.41) is 3.30. The van der Waals surface area contributed by atoms with E-state index in [1.165, 1.54) is 32.1 Å². The Balaban J connectivity index is 2.17. The maximum absolute atomic E-state index is 5.45. The van der Waals surface area contributed by atoms with Gasteiger partial charge in [-0.2, -0.15) is 0 Å². The molecule has 4 heteroatoms. The first-order valence-electron chi connectivity index (χ1n) is 7.36. The van der Waals surface area contributed by atoms with Gasteiger partial charge in [-0.3, -0.25) is 10.4 Å². The summed E-state index contributed by atoms with van der Waals surface area (Å²) in [7, 11) is 0. The van der Waals surface area contributed by atoms with Gasteiger partial charge in [0, 0.05) is 13.1 Å². The van der Waals surface area contributed by atoms with Gasteiger partial charge < -0.3 is 5.32 Å². The Labute approximate surface area is 112 Å². The number of nitrogens with zero attached hydrogens (tertiary/aromatic N) is 1. The molecule has 0 aliphatic heterocycles. The van der Waals surface area contributed by atoms with Crippen molar-refractivity contribution in [2.45, 2.75) is 52.9 Å². The van der Waals surface area contributed by atoms with Crippen LogP contribution in [0.1, 0.15) is 52.9 Å². The van der Waals surface area contributed by atoms with Crippen molar-refractivity contribution in [2.24, 2.45) is 28.6 Å². The highest BCUT2D eigenvalue weighted by Gasteiger charge is 2.17. The molecular formula is C14H30N4. The lowest BCUT2D eigenvalue weighted by molar-refractivity contribution is 0.278. The molecule has 0 unspecified atom stereocenters. The molecule has 1 fully saturated rings. The first-order valence-corrected chi connectivity index (χ1v) is 7.36. The van der Waals surface area contributed by atoms with Crippen molar-refractivity contribution >= 4 is 5.96 Å². The molecule has 106 valence electrons. The van der Waals surface area contributed by atoms with Gasteiger partial charge in [-0.05, 0) is 24.2 Å². The van der Waals surface area contributed by atoms with Gasteiger partial charge in [-0.1, -0.05) is 46.5 Å². The fraction of sp³-hybridized carbons (Fsp3) is 0.929. The molecule has 4 nitrogen and oxygen atoms in total. The summed E-state index contributed by atoms with van der Waals surface area (Å²) < 4.78 is 0. The molecule has 0 atom stereocenters. The van der Waals surface area contributed by atoms with Crippen molar-refractivity contribution in [1.82, 2.24) is 10.7 Å². The summed E-state index contributed by atoms with van der Waals surface area (Å²) in [5.41, 5.74) is 2.64. The number of hydrogen-bond donors (Lipinski definition) is 3. The van der Waals surface area contributed by atoms with Crippen molar-refractivity contribution in [1.29, 1.82) is 0 Å². The third-order valence-corrected chi connectivity index (χ3v) is 3.73. The number of nitrogens with one attached hydrogen (secondary N) is 2. The number of nitrogens with two attached hydrogens (primary N) is 1. The Hall–Kier alpha value is -0.770. The number of rotatable bonds is 5. The minimum Gasteiger partial charge on any atom is -0.355 e. The van der Waals surface area contributed by atoms with Gasteiger partial charge >= 0.3 is 0 Å². The van der Waals surface area contributed by atoms with E-state index in [1.54, 1.807) is 0 Å². The van der Waals surface area contributed by atoms with Crippen molar-refractivity contribution in [3.05, 3.63) is 0 Å². The highest BCUT2D eigenvalue weighted by molar-refractivity contribution is 5.79. The van der Waals surface area contributed by atoms with Crippen molar-refractivity contribution in [3.8, 4) is 0 Å². The lowest BCUT2D eigenvalue weighted by Gasteiger charge is -2.26. The van der Waals surface area contributed by atoms with Crippen LogP contribution in [0.25, 0.3) is 0 Å². The maximum Gasteiger partial charge on any atom is 0.205 e. The molecule has 0 aromatic rings. The van der Waals surface area contributed by atoms with Crippen LogP contribution in [0.15, 0.2) is 4.99 Å². The Morgan fingerprint density at radius 2 is 1.94 bits per heavy atom. The SMILES string of the molecule is CC(C)CN=C(NN)NCCC1CCC(C)CC1. The molecule has 0 saturated heterocycles. The van der Waals surface area contributed by atoms with E-state index in [9.17, 15) is 0 Å². The molecule has 0 radical (unpaired) electrons. The quantitative estimate of drug-likeness (QED) is 0.305. The van der Waals surface area contributed by atoms with Crippen LogP contribution in [0.4, 0.5) is 0 Å². The summed E-state index contributed by atoms with van der Waals surface area (Å²) in [6, 6.07) is 0. The van der Waals surface area contributed by atoms with E-state index in [2.05, 4.69) is 36.5 Å². The first-order chi connectivity index (χ1) is 8.61. The van der Waals surface area contributed by atoms with Gasteiger partial charge in [0.2, 0.25) is 5.96 Å². The second kappa shape index (κ2) is 8.35. The molecule has 1 saturated carbocycles. The van der Waals surface area contributed by atoms with Crippen molar-refractivity contribution in [2.75, 3.05) is 13.1 Å². The van der Waals surface area contributed by atoms with E-state index >= 15 is 0 Å². The summed E-state index contributed by atoms with van der Waals surface area (Å²) in [4.78, 5) is 4.41. The Morgan fingerprint density at radius 3 is 2.50 bits per heavy atom. The zero-order valence-electron chi connectivity index (χ0n) is 12.2. The van der Waals surface area contributed by atoms with Gasteiger partial charge in [-0.25, -0.2) is 5.84 Å². The highest BCUT2D eigenvalue weighted by atomic mass is 15.3. The molecular weight excluding hydrogens is 224 g/mol. The normalized spacial score (nSPS) is 25.3. The zero-order chi connectivity index (χ0) is 13.4. The summed E-state index contributed by atoms with van der Waals surface area (Å²) >= 11 is 0. The molecule has 1 aliphatic carbocycles. The fourth-order valence-electron chi connectivity index (χ4n) is 2.44. The largest absolute Gasteiger partial charge is 0.355 e. The van der Waals surface area contributed by atoms with Gasteiger partial charge in [0.05, 0.1) is 0 Å². The molecule has 0 spiro atoms. The van der Waals surface area contributed by atoms with Gasteiger partial charge in [0.1, 0.15) is 0 Å². The minimum absolute atomic E-state index is 0.565. The standard InChI is InChI=1S/C14H30N4/c1-11(2)10-17-14(18-15)16-9-8-13-6-4-12(3)5-7-13/h11-13H,4-10,15H2,1-3H3,(H2,16,17,18). The third kappa shape index (κ3) is 6.24.